The van der Waals surface area contributed by atoms with Crippen LogP contribution in [0.4, 0.5) is 0 Å². The quantitative estimate of drug-likeness (QED) is 0.928. The van der Waals surface area contributed by atoms with E-state index < -0.39 is 0 Å². The van der Waals surface area contributed by atoms with E-state index in [-0.39, 0.29) is 23.8 Å². The molecule has 1 saturated heterocycles. The van der Waals surface area contributed by atoms with Gasteiger partial charge in [0.25, 0.3) is 5.91 Å². The van der Waals surface area contributed by atoms with Gasteiger partial charge in [-0.25, -0.2) is 0 Å². The van der Waals surface area contributed by atoms with E-state index in [0.717, 1.165) is 18.4 Å². The van der Waals surface area contributed by atoms with Crippen LogP contribution >= 0.6 is 11.3 Å². The highest BCUT2D eigenvalue weighted by molar-refractivity contribution is 7.08. The lowest BCUT2D eigenvalue weighted by molar-refractivity contribution is -0.123. The summed E-state index contributed by atoms with van der Waals surface area (Å²) in [5.74, 6) is -0.0335. The van der Waals surface area contributed by atoms with Gasteiger partial charge in [-0.1, -0.05) is 0 Å². The predicted octanol–water partition coefficient (Wildman–Crippen LogP) is 2.67. The fourth-order valence-corrected chi connectivity index (χ4v) is 3.66. The first-order chi connectivity index (χ1) is 11.6. The third kappa shape index (κ3) is 3.82. The van der Waals surface area contributed by atoms with Crippen molar-refractivity contribution in [1.29, 1.82) is 0 Å². The van der Waals surface area contributed by atoms with Crippen LogP contribution in [-0.2, 0) is 4.79 Å². The van der Waals surface area contributed by atoms with Crippen LogP contribution in [0.15, 0.2) is 41.4 Å². The molecule has 0 radical (unpaired) electrons. The van der Waals surface area contributed by atoms with E-state index in [1.807, 2.05) is 28.7 Å². The summed E-state index contributed by atoms with van der Waals surface area (Å²) in [6.07, 6.45) is 4.84. The molecule has 1 aliphatic rings. The van der Waals surface area contributed by atoms with Crippen molar-refractivity contribution in [2.45, 2.75) is 31.7 Å². The lowest BCUT2D eigenvalue weighted by atomic mass is 10.0. The van der Waals surface area contributed by atoms with Crippen LogP contribution in [0, 0.1) is 0 Å². The van der Waals surface area contributed by atoms with Gasteiger partial charge in [-0.15, -0.1) is 0 Å². The molecule has 24 heavy (non-hydrogen) atoms. The van der Waals surface area contributed by atoms with Gasteiger partial charge in [0.1, 0.15) is 0 Å². The van der Waals surface area contributed by atoms with Crippen molar-refractivity contribution in [2.24, 2.45) is 0 Å². The minimum atomic E-state index is -0.132. The Morgan fingerprint density at radius 2 is 1.96 bits per heavy atom. The molecule has 1 aliphatic heterocycles. The van der Waals surface area contributed by atoms with E-state index in [4.69, 9.17) is 0 Å². The molecular formula is C18H21N3O2S. The number of hydrogen-bond acceptors (Lipinski definition) is 4. The Morgan fingerprint density at radius 1 is 1.25 bits per heavy atom. The third-order valence-electron chi connectivity index (χ3n) is 4.49. The molecule has 0 spiro atoms. The summed E-state index contributed by atoms with van der Waals surface area (Å²) in [5.41, 5.74) is 1.72. The first kappa shape index (κ1) is 16.6. The van der Waals surface area contributed by atoms with Crippen molar-refractivity contribution >= 4 is 23.2 Å². The summed E-state index contributed by atoms with van der Waals surface area (Å²) in [4.78, 5) is 30.5. The Morgan fingerprint density at radius 3 is 2.58 bits per heavy atom. The molecule has 2 aromatic rings. The molecule has 1 N–H and O–H groups in total. The fraction of sp³-hybridized carbons (Fsp3) is 0.389. The molecule has 2 amide bonds. The standard InChI is InChI=1S/C18H21N3O2S/c1-13(15-6-11-24-12-15)17(22)20-16-4-9-21(10-5-16)18(23)14-2-7-19-8-3-14/h2-3,6-8,11-13,16H,4-5,9-10H2,1H3,(H,20,22)/t13-/m1/s1. The lowest BCUT2D eigenvalue weighted by Crippen LogP contribution is -2.47. The van der Waals surface area contributed by atoms with E-state index >= 15 is 0 Å². The minimum Gasteiger partial charge on any atom is -0.353 e. The number of thiophene rings is 1. The van der Waals surface area contributed by atoms with Crippen LogP contribution in [0.1, 0.15) is 41.6 Å². The highest BCUT2D eigenvalue weighted by atomic mass is 32.1. The van der Waals surface area contributed by atoms with E-state index in [0.29, 0.717) is 18.7 Å². The molecule has 0 aromatic carbocycles. The van der Waals surface area contributed by atoms with Gasteiger partial charge in [-0.2, -0.15) is 11.3 Å². The van der Waals surface area contributed by atoms with Crippen LogP contribution in [0.5, 0.6) is 0 Å². The average Bonchev–Trinajstić information content (AvgIpc) is 3.16. The van der Waals surface area contributed by atoms with Crippen molar-refractivity contribution in [3.63, 3.8) is 0 Å². The zero-order valence-corrected chi connectivity index (χ0v) is 14.5. The van der Waals surface area contributed by atoms with Gasteiger partial charge in [0.15, 0.2) is 0 Å². The summed E-state index contributed by atoms with van der Waals surface area (Å²) in [6, 6.07) is 5.60. The molecule has 3 rings (SSSR count). The van der Waals surface area contributed by atoms with Crippen LogP contribution in [0.25, 0.3) is 0 Å². The lowest BCUT2D eigenvalue weighted by Gasteiger charge is -2.33. The number of carbonyl (C=O) groups is 2. The predicted molar refractivity (Wildman–Crippen MR) is 94.0 cm³/mol. The average molecular weight is 343 g/mol. The number of likely N-dealkylation sites (tertiary alicyclic amines) is 1. The molecule has 0 bridgehead atoms. The van der Waals surface area contributed by atoms with Gasteiger partial charge in [0.2, 0.25) is 5.91 Å². The first-order valence-electron chi connectivity index (χ1n) is 8.17. The number of hydrogen-bond donors (Lipinski definition) is 1. The number of nitrogens with one attached hydrogen (secondary N) is 1. The number of carbonyl (C=O) groups excluding carboxylic acids is 2. The Labute approximate surface area is 145 Å². The van der Waals surface area contributed by atoms with Crippen molar-refractivity contribution in [2.75, 3.05) is 13.1 Å². The number of aromatic nitrogens is 1. The molecule has 1 fully saturated rings. The summed E-state index contributed by atoms with van der Waals surface area (Å²) in [7, 11) is 0. The second kappa shape index (κ2) is 7.57. The monoisotopic (exact) mass is 343 g/mol. The van der Waals surface area contributed by atoms with Gasteiger partial charge in [0, 0.05) is 37.1 Å². The van der Waals surface area contributed by atoms with Crippen molar-refractivity contribution in [1.82, 2.24) is 15.2 Å². The molecule has 1 atom stereocenters. The van der Waals surface area contributed by atoms with E-state index in [2.05, 4.69) is 10.3 Å². The van der Waals surface area contributed by atoms with Crippen LogP contribution in [-0.4, -0.2) is 40.8 Å². The second-order valence-electron chi connectivity index (χ2n) is 6.09. The minimum absolute atomic E-state index is 0.0359. The molecular weight excluding hydrogens is 322 g/mol. The number of nitrogens with zero attached hydrogens (tertiary/aromatic N) is 2. The molecule has 3 heterocycles. The molecule has 126 valence electrons. The smallest absolute Gasteiger partial charge is 0.253 e. The molecule has 2 aromatic heterocycles. The fourth-order valence-electron chi connectivity index (χ4n) is 2.90. The molecule has 0 aliphatic carbocycles. The highest BCUT2D eigenvalue weighted by Gasteiger charge is 2.26. The number of piperidine rings is 1. The Kier molecular flexibility index (Phi) is 5.25. The Balaban J connectivity index is 1.50. The molecule has 6 heteroatoms. The third-order valence-corrected chi connectivity index (χ3v) is 5.19. The summed E-state index contributed by atoms with van der Waals surface area (Å²) in [5, 5.41) is 7.13. The normalized spacial score (nSPS) is 16.6. The molecule has 5 nitrogen and oxygen atoms in total. The topological polar surface area (TPSA) is 62.3 Å². The maximum absolute atomic E-state index is 12.4. The first-order valence-corrected chi connectivity index (χ1v) is 9.11. The van der Waals surface area contributed by atoms with E-state index in [1.54, 1.807) is 35.9 Å². The van der Waals surface area contributed by atoms with Crippen LogP contribution in [0.2, 0.25) is 0 Å². The van der Waals surface area contributed by atoms with Crippen molar-refractivity contribution in [3.05, 3.63) is 52.5 Å². The Bertz CT molecular complexity index is 680. The SMILES string of the molecule is C[C@@H](C(=O)NC1CCN(C(=O)c2ccncc2)CC1)c1ccsc1. The van der Waals surface area contributed by atoms with Crippen molar-refractivity contribution < 1.29 is 9.59 Å². The van der Waals surface area contributed by atoms with Crippen LogP contribution < -0.4 is 5.32 Å². The number of pyridine rings is 1. The number of amides is 2. The zero-order valence-electron chi connectivity index (χ0n) is 13.6. The summed E-state index contributed by atoms with van der Waals surface area (Å²) >= 11 is 1.60. The van der Waals surface area contributed by atoms with Gasteiger partial charge >= 0.3 is 0 Å². The van der Waals surface area contributed by atoms with Crippen LogP contribution in [0.3, 0.4) is 0 Å². The summed E-state index contributed by atoms with van der Waals surface area (Å²) in [6.45, 7) is 3.26. The number of rotatable bonds is 4. The van der Waals surface area contributed by atoms with E-state index in [1.165, 1.54) is 0 Å². The largest absolute Gasteiger partial charge is 0.353 e. The van der Waals surface area contributed by atoms with Gasteiger partial charge in [0.05, 0.1) is 5.92 Å². The van der Waals surface area contributed by atoms with E-state index in [9.17, 15) is 9.59 Å². The maximum atomic E-state index is 12.4. The highest BCUT2D eigenvalue weighted by Crippen LogP contribution is 2.20. The summed E-state index contributed by atoms with van der Waals surface area (Å²) < 4.78 is 0. The Hall–Kier alpha value is -2.21. The van der Waals surface area contributed by atoms with Gasteiger partial charge in [-0.3, -0.25) is 14.6 Å². The second-order valence-corrected chi connectivity index (χ2v) is 6.87. The van der Waals surface area contributed by atoms with Crippen molar-refractivity contribution in [3.8, 4) is 0 Å². The molecule has 0 unspecified atom stereocenters. The maximum Gasteiger partial charge on any atom is 0.253 e. The van der Waals surface area contributed by atoms with Gasteiger partial charge < -0.3 is 10.2 Å². The zero-order chi connectivity index (χ0) is 16.9. The molecule has 0 saturated carbocycles. The van der Waals surface area contributed by atoms with Gasteiger partial charge in [-0.05, 0) is 54.3 Å².